The van der Waals surface area contributed by atoms with E-state index in [1.54, 1.807) is 27.7 Å². The predicted molar refractivity (Wildman–Crippen MR) is 147 cm³/mol. The molecular formula is C29H55NO9. The number of carbonyl (C=O) groups excluding carboxylic acids is 1. The summed E-state index contributed by atoms with van der Waals surface area (Å²) in [5.41, 5.74) is -2.59. The molecule has 0 radical (unpaired) electrons. The Hall–Kier alpha value is -0.850. The smallest absolute Gasteiger partial charge is 0.311 e. The van der Waals surface area contributed by atoms with E-state index in [0.717, 1.165) is 0 Å². The van der Waals surface area contributed by atoms with Crippen molar-refractivity contribution in [2.45, 2.75) is 141 Å². The molecule has 0 spiro atoms. The molecule has 0 aliphatic carbocycles. The second-order valence-corrected chi connectivity index (χ2v) is 12.7. The van der Waals surface area contributed by atoms with E-state index in [2.05, 4.69) is 0 Å². The lowest BCUT2D eigenvalue weighted by atomic mass is 9.85. The number of likely N-dealkylation sites (N-methyl/N-ethyl adjacent to an activating group) is 1. The molecule has 39 heavy (non-hydrogen) atoms. The number of aliphatic hydroxyl groups is 4. The lowest BCUT2D eigenvalue weighted by Gasteiger charge is -2.46. The van der Waals surface area contributed by atoms with Gasteiger partial charge in [-0.2, -0.15) is 0 Å². The maximum Gasteiger partial charge on any atom is 0.311 e. The number of hydrogen-bond acceptors (Lipinski definition) is 10. The predicted octanol–water partition coefficient (Wildman–Crippen LogP) is 2.09. The number of hydrogen-bond donors (Lipinski definition) is 4. The van der Waals surface area contributed by atoms with Crippen molar-refractivity contribution in [1.82, 2.24) is 4.90 Å². The van der Waals surface area contributed by atoms with Crippen LogP contribution in [0.1, 0.15) is 81.1 Å². The quantitative estimate of drug-likeness (QED) is 0.378. The van der Waals surface area contributed by atoms with Crippen LogP contribution in [0.15, 0.2) is 0 Å². The Morgan fingerprint density at radius 3 is 2.23 bits per heavy atom. The fraction of sp³-hybridized carbons (Fsp3) is 0.966. The van der Waals surface area contributed by atoms with Gasteiger partial charge in [0, 0.05) is 26.1 Å². The SMILES string of the molecule is CC[C@H]1OC(=O)[C@H](C)[C@@H](O[C@H]2C[C@@](C)(OC)[C@@H](O)[C@H](C)O2)[C@H](C)C[C@H](O)C[C@@H](C)CN(C)[C@H](C)[C@@H](O)[C@]1(C)O. The van der Waals surface area contributed by atoms with Gasteiger partial charge >= 0.3 is 5.97 Å². The second-order valence-electron chi connectivity index (χ2n) is 12.7. The van der Waals surface area contributed by atoms with E-state index in [0.29, 0.717) is 25.8 Å². The summed E-state index contributed by atoms with van der Waals surface area (Å²) in [5, 5.41) is 44.2. The Morgan fingerprint density at radius 1 is 1.05 bits per heavy atom. The van der Waals surface area contributed by atoms with Crippen LogP contribution in [-0.4, -0.2) is 112 Å². The summed E-state index contributed by atoms with van der Waals surface area (Å²) in [6, 6.07) is -0.416. The van der Waals surface area contributed by atoms with E-state index in [-0.39, 0.29) is 18.3 Å². The van der Waals surface area contributed by atoms with Crippen molar-refractivity contribution in [3.05, 3.63) is 0 Å². The van der Waals surface area contributed by atoms with Crippen molar-refractivity contribution in [1.29, 1.82) is 0 Å². The normalized spacial score (nSPS) is 48.2. The number of methoxy groups -OCH3 is 1. The molecule has 13 atom stereocenters. The fourth-order valence-corrected chi connectivity index (χ4v) is 6.29. The molecule has 0 amide bonds. The van der Waals surface area contributed by atoms with Gasteiger partial charge in [-0.25, -0.2) is 0 Å². The van der Waals surface area contributed by atoms with E-state index in [1.807, 2.05) is 32.7 Å². The summed E-state index contributed by atoms with van der Waals surface area (Å²) in [7, 11) is 3.41. The van der Waals surface area contributed by atoms with Crippen LogP contribution in [0.3, 0.4) is 0 Å². The number of carbonyl (C=O) groups is 1. The zero-order chi connectivity index (χ0) is 29.9. The standard InChI is InChI=1S/C29H55NO9/c1-11-22-29(8,35)25(32)19(5)30(9)15-16(2)12-21(31)13-17(3)24(18(4)27(34)38-22)39-23-14-28(7,36-10)26(33)20(6)37-23/h16-26,31-33,35H,11-15H2,1-10H3/t16-,17-,18-,19-,20+,21-,22-,23+,24+,25-,26+,28-,29-/m1/s1. The number of nitrogens with zero attached hydrogens (tertiary/aromatic N) is 1. The Kier molecular flexibility index (Phi) is 12.2. The molecule has 0 aromatic rings. The van der Waals surface area contributed by atoms with Crippen molar-refractivity contribution in [2.24, 2.45) is 17.8 Å². The molecule has 10 heteroatoms. The van der Waals surface area contributed by atoms with Crippen LogP contribution < -0.4 is 0 Å². The average molecular weight is 562 g/mol. The first-order valence-electron chi connectivity index (χ1n) is 14.5. The molecule has 2 aliphatic heterocycles. The largest absolute Gasteiger partial charge is 0.459 e. The van der Waals surface area contributed by atoms with Crippen molar-refractivity contribution < 1.29 is 44.2 Å². The monoisotopic (exact) mass is 561 g/mol. The van der Waals surface area contributed by atoms with Crippen LogP contribution in [0, 0.1) is 17.8 Å². The van der Waals surface area contributed by atoms with Gasteiger partial charge in [-0.05, 0) is 72.8 Å². The molecule has 0 saturated carbocycles. The summed E-state index contributed by atoms with van der Waals surface area (Å²) < 4.78 is 23.9. The molecule has 4 N–H and O–H groups in total. The topological polar surface area (TPSA) is 138 Å². The molecule has 230 valence electrons. The molecule has 10 nitrogen and oxygen atoms in total. The molecule has 0 aromatic carbocycles. The molecular weight excluding hydrogens is 506 g/mol. The van der Waals surface area contributed by atoms with Crippen LogP contribution in [0.2, 0.25) is 0 Å². The van der Waals surface area contributed by atoms with Gasteiger partial charge in [0.1, 0.15) is 23.9 Å². The Balaban J connectivity index is 2.41. The summed E-state index contributed by atoms with van der Waals surface area (Å²) in [6.45, 7) is 15.0. The molecule has 0 aromatic heterocycles. The van der Waals surface area contributed by atoms with Crippen LogP contribution in [0.4, 0.5) is 0 Å². The first-order chi connectivity index (χ1) is 18.0. The van der Waals surface area contributed by atoms with E-state index >= 15 is 0 Å². The highest BCUT2D eigenvalue weighted by Crippen LogP contribution is 2.36. The summed E-state index contributed by atoms with van der Waals surface area (Å²) in [5.74, 6) is -1.47. The molecule has 0 unspecified atom stereocenters. The molecule has 0 bridgehead atoms. The maximum absolute atomic E-state index is 13.5. The molecule has 2 heterocycles. The number of ether oxygens (including phenoxy) is 4. The third-order valence-electron chi connectivity index (χ3n) is 9.16. The Bertz CT molecular complexity index is 782. The minimum atomic E-state index is -1.69. The van der Waals surface area contributed by atoms with Crippen LogP contribution in [-0.2, 0) is 23.7 Å². The van der Waals surface area contributed by atoms with Crippen LogP contribution in [0.5, 0.6) is 0 Å². The van der Waals surface area contributed by atoms with Crippen molar-refractivity contribution >= 4 is 5.97 Å². The minimum Gasteiger partial charge on any atom is -0.459 e. The molecule has 2 fully saturated rings. The number of cyclic esters (lactones) is 1. The lowest BCUT2D eigenvalue weighted by Crippen LogP contribution is -2.59. The van der Waals surface area contributed by atoms with Gasteiger partial charge in [-0.15, -0.1) is 0 Å². The van der Waals surface area contributed by atoms with Gasteiger partial charge in [0.2, 0.25) is 0 Å². The van der Waals surface area contributed by atoms with Gasteiger partial charge in [-0.3, -0.25) is 4.79 Å². The first-order valence-corrected chi connectivity index (χ1v) is 14.5. The van der Waals surface area contributed by atoms with E-state index in [4.69, 9.17) is 18.9 Å². The van der Waals surface area contributed by atoms with Crippen LogP contribution in [0.25, 0.3) is 0 Å². The third kappa shape index (κ3) is 8.13. The van der Waals surface area contributed by atoms with Gasteiger partial charge in [0.05, 0.1) is 29.8 Å². The van der Waals surface area contributed by atoms with Gasteiger partial charge < -0.3 is 44.3 Å². The molecule has 2 rings (SSSR count). The number of rotatable bonds is 4. The summed E-state index contributed by atoms with van der Waals surface area (Å²) in [4.78, 5) is 15.5. The molecule has 2 aliphatic rings. The third-order valence-corrected chi connectivity index (χ3v) is 9.16. The van der Waals surface area contributed by atoms with Crippen molar-refractivity contribution in [3.63, 3.8) is 0 Å². The van der Waals surface area contributed by atoms with Gasteiger partial charge in [0.25, 0.3) is 0 Å². The van der Waals surface area contributed by atoms with E-state index < -0.39 is 72.0 Å². The maximum atomic E-state index is 13.5. The minimum absolute atomic E-state index is 0.116. The fourth-order valence-electron chi connectivity index (χ4n) is 6.29. The zero-order valence-corrected chi connectivity index (χ0v) is 25.7. The van der Waals surface area contributed by atoms with Gasteiger partial charge in [0.15, 0.2) is 6.29 Å². The highest BCUT2D eigenvalue weighted by Gasteiger charge is 2.48. The van der Waals surface area contributed by atoms with Crippen molar-refractivity contribution in [3.8, 4) is 0 Å². The van der Waals surface area contributed by atoms with E-state index in [9.17, 15) is 25.2 Å². The summed E-state index contributed by atoms with van der Waals surface area (Å²) in [6.07, 6.45) is -4.11. The summed E-state index contributed by atoms with van der Waals surface area (Å²) >= 11 is 0. The Morgan fingerprint density at radius 2 is 1.67 bits per heavy atom. The number of esters is 1. The zero-order valence-electron chi connectivity index (χ0n) is 25.7. The van der Waals surface area contributed by atoms with Crippen LogP contribution >= 0.6 is 0 Å². The second kappa shape index (κ2) is 13.9. The highest BCUT2D eigenvalue weighted by atomic mass is 16.7. The van der Waals surface area contributed by atoms with Crippen molar-refractivity contribution in [2.75, 3.05) is 20.7 Å². The highest BCUT2D eigenvalue weighted by molar-refractivity contribution is 5.73. The number of aliphatic hydroxyl groups excluding tert-OH is 3. The van der Waals surface area contributed by atoms with Gasteiger partial charge in [-0.1, -0.05) is 20.8 Å². The lowest BCUT2D eigenvalue weighted by molar-refractivity contribution is -0.296. The molecule has 2 saturated heterocycles. The van der Waals surface area contributed by atoms with E-state index in [1.165, 1.54) is 14.0 Å². The first kappa shape index (κ1) is 34.4. The average Bonchev–Trinajstić information content (AvgIpc) is 2.86. The Labute approximate surface area is 234 Å².